The number of amides is 1. The zero-order valence-corrected chi connectivity index (χ0v) is 10.9. The van der Waals surface area contributed by atoms with Gasteiger partial charge in [-0.15, -0.1) is 0 Å². The van der Waals surface area contributed by atoms with Crippen molar-refractivity contribution in [3.05, 3.63) is 0 Å². The summed E-state index contributed by atoms with van der Waals surface area (Å²) in [6.07, 6.45) is 6.53. The van der Waals surface area contributed by atoms with Crippen LogP contribution in [0.4, 0.5) is 0 Å². The van der Waals surface area contributed by atoms with Crippen LogP contribution in [-0.4, -0.2) is 35.5 Å². The van der Waals surface area contributed by atoms with Crippen molar-refractivity contribution in [2.75, 3.05) is 13.6 Å². The number of carboxylic acids is 1. The predicted octanol–water partition coefficient (Wildman–Crippen LogP) is 2.28. The summed E-state index contributed by atoms with van der Waals surface area (Å²) >= 11 is 0. The van der Waals surface area contributed by atoms with E-state index in [1.165, 1.54) is 12.8 Å². The van der Waals surface area contributed by atoms with Crippen molar-refractivity contribution in [2.24, 2.45) is 5.41 Å². The molecule has 0 aliphatic heterocycles. The van der Waals surface area contributed by atoms with E-state index in [1.54, 1.807) is 11.9 Å². The summed E-state index contributed by atoms with van der Waals surface area (Å²) in [5.74, 6) is -0.740. The molecule has 0 aromatic carbocycles. The third-order valence-electron chi connectivity index (χ3n) is 3.73. The molecule has 1 fully saturated rings. The van der Waals surface area contributed by atoms with Gasteiger partial charge >= 0.3 is 5.97 Å². The van der Waals surface area contributed by atoms with Crippen LogP contribution in [0.5, 0.6) is 0 Å². The van der Waals surface area contributed by atoms with E-state index in [2.05, 4.69) is 0 Å². The van der Waals surface area contributed by atoms with Crippen LogP contribution in [-0.2, 0) is 9.59 Å². The van der Waals surface area contributed by atoms with E-state index in [4.69, 9.17) is 5.11 Å². The number of hydrogen-bond acceptors (Lipinski definition) is 2. The highest BCUT2D eigenvalue weighted by molar-refractivity contribution is 5.82. The normalized spacial score (nSPS) is 19.4. The molecule has 1 rings (SSSR count). The number of carbonyl (C=O) groups excluding carboxylic acids is 1. The van der Waals surface area contributed by atoms with Gasteiger partial charge in [-0.2, -0.15) is 0 Å². The molecule has 0 spiro atoms. The molecule has 0 saturated heterocycles. The Morgan fingerprint density at radius 3 is 2.18 bits per heavy atom. The first-order chi connectivity index (χ1) is 7.96. The average Bonchev–Trinajstić information content (AvgIpc) is 2.50. The highest BCUT2D eigenvalue weighted by Gasteiger charge is 2.35. The van der Waals surface area contributed by atoms with Crippen LogP contribution in [0.1, 0.15) is 51.9 Å². The van der Waals surface area contributed by atoms with E-state index >= 15 is 0 Å². The molecular weight excluding hydrogens is 218 g/mol. The Balaban J connectivity index is 2.56. The molecule has 4 nitrogen and oxygen atoms in total. The Morgan fingerprint density at radius 1 is 1.18 bits per heavy atom. The first-order valence-corrected chi connectivity index (χ1v) is 6.43. The second-order valence-electron chi connectivity index (χ2n) is 5.35. The minimum atomic E-state index is -0.851. The molecule has 1 amide bonds. The molecule has 0 aromatic heterocycles. The number of rotatable bonds is 4. The molecule has 4 heteroatoms. The molecule has 0 unspecified atom stereocenters. The van der Waals surface area contributed by atoms with E-state index in [0.717, 1.165) is 25.7 Å². The molecule has 1 N–H and O–H groups in total. The van der Waals surface area contributed by atoms with E-state index in [-0.39, 0.29) is 17.7 Å². The quantitative estimate of drug-likeness (QED) is 0.768. The van der Waals surface area contributed by atoms with Crippen molar-refractivity contribution in [1.29, 1.82) is 0 Å². The molecule has 98 valence electrons. The van der Waals surface area contributed by atoms with Gasteiger partial charge in [-0.05, 0) is 12.8 Å². The van der Waals surface area contributed by atoms with Crippen LogP contribution in [0, 0.1) is 5.41 Å². The molecule has 17 heavy (non-hydrogen) atoms. The summed E-state index contributed by atoms with van der Waals surface area (Å²) < 4.78 is 0. The number of carboxylic acid groups (broad SMARTS) is 1. The topological polar surface area (TPSA) is 57.6 Å². The van der Waals surface area contributed by atoms with Gasteiger partial charge in [0.05, 0.1) is 6.42 Å². The van der Waals surface area contributed by atoms with Gasteiger partial charge < -0.3 is 10.0 Å². The molecule has 1 saturated carbocycles. The first-order valence-electron chi connectivity index (χ1n) is 6.43. The smallest absolute Gasteiger partial charge is 0.305 e. The van der Waals surface area contributed by atoms with E-state index in [1.807, 2.05) is 6.92 Å². The Morgan fingerprint density at radius 2 is 1.71 bits per heavy atom. The van der Waals surface area contributed by atoms with E-state index in [0.29, 0.717) is 6.54 Å². The minimum Gasteiger partial charge on any atom is -0.481 e. The highest BCUT2D eigenvalue weighted by atomic mass is 16.4. The fraction of sp³-hybridized carbons (Fsp3) is 0.846. The second kappa shape index (κ2) is 6.03. The SMILES string of the molecule is CN(CCC(=O)O)C(=O)C1(C)CCCCCC1. The summed E-state index contributed by atoms with van der Waals surface area (Å²) in [6, 6.07) is 0. The average molecular weight is 241 g/mol. The van der Waals surface area contributed by atoms with Gasteiger partial charge in [0.1, 0.15) is 0 Å². The van der Waals surface area contributed by atoms with E-state index < -0.39 is 5.97 Å². The largest absolute Gasteiger partial charge is 0.481 e. The monoisotopic (exact) mass is 241 g/mol. The van der Waals surface area contributed by atoms with Gasteiger partial charge in [0.25, 0.3) is 0 Å². The van der Waals surface area contributed by atoms with Crippen molar-refractivity contribution in [2.45, 2.75) is 51.9 Å². The molecule has 0 bridgehead atoms. The van der Waals surface area contributed by atoms with Gasteiger partial charge in [-0.1, -0.05) is 32.6 Å². The van der Waals surface area contributed by atoms with Crippen molar-refractivity contribution in [1.82, 2.24) is 4.90 Å². The van der Waals surface area contributed by atoms with Crippen molar-refractivity contribution >= 4 is 11.9 Å². The Hall–Kier alpha value is -1.06. The second-order valence-corrected chi connectivity index (χ2v) is 5.35. The summed E-state index contributed by atoms with van der Waals surface area (Å²) in [5.41, 5.74) is -0.274. The lowest BCUT2D eigenvalue weighted by Crippen LogP contribution is -2.41. The molecular formula is C13H23NO3. The van der Waals surface area contributed by atoms with Gasteiger partial charge in [0.15, 0.2) is 0 Å². The van der Waals surface area contributed by atoms with Gasteiger partial charge in [-0.25, -0.2) is 0 Å². The van der Waals surface area contributed by atoms with Gasteiger partial charge in [-0.3, -0.25) is 9.59 Å². The summed E-state index contributed by atoms with van der Waals surface area (Å²) in [5, 5.41) is 8.63. The minimum absolute atomic E-state index is 0.0261. The van der Waals surface area contributed by atoms with Crippen LogP contribution < -0.4 is 0 Å². The highest BCUT2D eigenvalue weighted by Crippen LogP contribution is 2.36. The lowest BCUT2D eigenvalue weighted by Gasteiger charge is -2.31. The Labute approximate surface area is 103 Å². The zero-order chi connectivity index (χ0) is 12.9. The van der Waals surface area contributed by atoms with Crippen LogP contribution in [0.2, 0.25) is 0 Å². The van der Waals surface area contributed by atoms with Crippen LogP contribution in [0.15, 0.2) is 0 Å². The lowest BCUT2D eigenvalue weighted by molar-refractivity contribution is -0.142. The van der Waals surface area contributed by atoms with Gasteiger partial charge in [0.2, 0.25) is 5.91 Å². The third kappa shape index (κ3) is 4.02. The maximum atomic E-state index is 12.3. The summed E-state index contributed by atoms with van der Waals surface area (Å²) in [6.45, 7) is 2.33. The fourth-order valence-corrected chi connectivity index (χ4v) is 2.55. The summed E-state index contributed by atoms with van der Waals surface area (Å²) in [4.78, 5) is 24.4. The Kier molecular flexibility index (Phi) is 4.97. The molecule has 0 radical (unpaired) electrons. The molecule has 0 atom stereocenters. The van der Waals surface area contributed by atoms with Crippen LogP contribution in [0.25, 0.3) is 0 Å². The van der Waals surface area contributed by atoms with Crippen LogP contribution >= 0.6 is 0 Å². The first kappa shape index (κ1) is 14.0. The standard InChI is InChI=1S/C13H23NO3/c1-13(8-5-3-4-6-9-13)12(17)14(2)10-7-11(15)16/h3-10H2,1-2H3,(H,15,16). The lowest BCUT2D eigenvalue weighted by atomic mass is 9.81. The summed E-state index contributed by atoms with van der Waals surface area (Å²) in [7, 11) is 1.71. The van der Waals surface area contributed by atoms with E-state index in [9.17, 15) is 9.59 Å². The number of carbonyl (C=O) groups is 2. The predicted molar refractivity (Wildman–Crippen MR) is 65.7 cm³/mol. The number of nitrogens with zero attached hydrogens (tertiary/aromatic N) is 1. The molecule has 0 heterocycles. The fourth-order valence-electron chi connectivity index (χ4n) is 2.55. The molecule has 0 aromatic rings. The van der Waals surface area contributed by atoms with Crippen molar-refractivity contribution < 1.29 is 14.7 Å². The molecule has 1 aliphatic carbocycles. The molecule has 1 aliphatic rings. The maximum absolute atomic E-state index is 12.3. The van der Waals surface area contributed by atoms with Gasteiger partial charge in [0, 0.05) is 19.0 Å². The maximum Gasteiger partial charge on any atom is 0.305 e. The number of aliphatic carboxylic acids is 1. The third-order valence-corrected chi connectivity index (χ3v) is 3.73. The zero-order valence-electron chi connectivity index (χ0n) is 10.9. The number of hydrogen-bond donors (Lipinski definition) is 1. The van der Waals surface area contributed by atoms with Crippen molar-refractivity contribution in [3.8, 4) is 0 Å². The van der Waals surface area contributed by atoms with Crippen LogP contribution in [0.3, 0.4) is 0 Å². The Bertz CT molecular complexity index is 280. The van der Waals surface area contributed by atoms with Crippen molar-refractivity contribution in [3.63, 3.8) is 0 Å².